The second-order valence-electron chi connectivity index (χ2n) is 2.71. The molecule has 76 valence electrons. The van der Waals surface area contributed by atoms with Gasteiger partial charge in [0, 0.05) is 4.91 Å². The van der Waals surface area contributed by atoms with Gasteiger partial charge in [-0.2, -0.15) is 0 Å². The van der Waals surface area contributed by atoms with Gasteiger partial charge in [-0.25, -0.2) is 4.79 Å². The number of carboxylic acids is 1. The summed E-state index contributed by atoms with van der Waals surface area (Å²) in [6.07, 6.45) is -1.06. The molecular formula is C8H5N3O4. The van der Waals surface area contributed by atoms with Crippen LogP contribution in [0.3, 0.4) is 0 Å². The molecule has 0 saturated carbocycles. The average Bonchev–Trinajstić information content (AvgIpc) is 2.59. The fraction of sp³-hybridized carbons (Fsp3) is 0.125. The number of carbonyl (C=O) groups is 1. The Morgan fingerprint density at radius 3 is 2.87 bits per heavy atom. The standard InChI is InChI=1S/C8H5N3O4/c9-11-10-8-14-5-2-1-4(7(12)13)3-6(5)15-8/h1-3,8H,(H,12,13). The Morgan fingerprint density at radius 1 is 1.47 bits per heavy atom. The lowest BCUT2D eigenvalue weighted by Gasteiger charge is -1.99. The van der Waals surface area contributed by atoms with E-state index in [1.54, 1.807) is 0 Å². The Balaban J connectivity index is 2.31. The Labute approximate surface area is 83.5 Å². The quantitative estimate of drug-likeness (QED) is 0.453. The zero-order valence-electron chi connectivity index (χ0n) is 7.32. The van der Waals surface area contributed by atoms with Crippen LogP contribution in [0.4, 0.5) is 0 Å². The largest absolute Gasteiger partial charge is 0.478 e. The highest BCUT2D eigenvalue weighted by Crippen LogP contribution is 2.35. The van der Waals surface area contributed by atoms with Gasteiger partial charge in [0.1, 0.15) is 0 Å². The molecule has 1 heterocycles. The molecule has 7 nitrogen and oxygen atoms in total. The van der Waals surface area contributed by atoms with Gasteiger partial charge in [-0.05, 0) is 28.8 Å². The van der Waals surface area contributed by atoms with Crippen molar-refractivity contribution in [3.05, 3.63) is 34.2 Å². The minimum Gasteiger partial charge on any atom is -0.478 e. The van der Waals surface area contributed by atoms with Crippen molar-refractivity contribution < 1.29 is 19.4 Å². The van der Waals surface area contributed by atoms with Gasteiger partial charge < -0.3 is 14.6 Å². The third kappa shape index (κ3) is 1.63. The van der Waals surface area contributed by atoms with Gasteiger partial charge in [-0.3, -0.25) is 0 Å². The van der Waals surface area contributed by atoms with Gasteiger partial charge in [0.2, 0.25) is 0 Å². The van der Waals surface area contributed by atoms with Crippen LogP contribution in [-0.4, -0.2) is 17.5 Å². The molecule has 0 bridgehead atoms. The number of hydrogen-bond donors (Lipinski definition) is 1. The summed E-state index contributed by atoms with van der Waals surface area (Å²) in [4.78, 5) is 13.1. The van der Waals surface area contributed by atoms with E-state index in [-0.39, 0.29) is 11.3 Å². The lowest BCUT2D eigenvalue weighted by molar-refractivity contribution is 0.0563. The fourth-order valence-corrected chi connectivity index (χ4v) is 1.16. The number of rotatable bonds is 2. The first kappa shape index (κ1) is 9.17. The van der Waals surface area contributed by atoms with Gasteiger partial charge in [0.15, 0.2) is 11.5 Å². The smallest absolute Gasteiger partial charge is 0.335 e. The minimum absolute atomic E-state index is 0.0823. The Kier molecular flexibility index (Phi) is 2.07. The molecule has 1 unspecified atom stereocenters. The van der Waals surface area contributed by atoms with Gasteiger partial charge in [0.25, 0.3) is 0 Å². The van der Waals surface area contributed by atoms with E-state index in [0.29, 0.717) is 5.75 Å². The predicted octanol–water partition coefficient (Wildman–Crippen LogP) is 1.75. The molecule has 15 heavy (non-hydrogen) atoms. The van der Waals surface area contributed by atoms with Crippen molar-refractivity contribution in [3.8, 4) is 11.5 Å². The number of hydrogen-bond acceptors (Lipinski definition) is 4. The average molecular weight is 207 g/mol. The van der Waals surface area contributed by atoms with Crippen LogP contribution in [0.25, 0.3) is 10.4 Å². The van der Waals surface area contributed by atoms with E-state index >= 15 is 0 Å². The van der Waals surface area contributed by atoms with Crippen molar-refractivity contribution in [1.29, 1.82) is 0 Å². The first-order valence-electron chi connectivity index (χ1n) is 3.95. The second-order valence-corrected chi connectivity index (χ2v) is 2.71. The zero-order valence-corrected chi connectivity index (χ0v) is 7.32. The summed E-state index contributed by atoms with van der Waals surface area (Å²) in [5.74, 6) is -0.446. The van der Waals surface area contributed by atoms with E-state index in [0.717, 1.165) is 0 Å². The van der Waals surface area contributed by atoms with Crippen LogP contribution in [0.15, 0.2) is 23.3 Å². The van der Waals surface area contributed by atoms with Crippen LogP contribution in [0.5, 0.6) is 11.5 Å². The minimum atomic E-state index is -1.06. The molecule has 2 rings (SSSR count). The van der Waals surface area contributed by atoms with Gasteiger partial charge in [-0.1, -0.05) is 0 Å². The van der Waals surface area contributed by atoms with E-state index in [2.05, 4.69) is 10.0 Å². The molecule has 0 aromatic heterocycles. The number of carboxylic acid groups (broad SMARTS) is 1. The Bertz CT molecular complexity index is 467. The summed E-state index contributed by atoms with van der Waals surface area (Å²) in [5, 5.41) is 11.9. The molecule has 1 N–H and O–H groups in total. The molecule has 0 aliphatic carbocycles. The second kappa shape index (κ2) is 3.39. The van der Waals surface area contributed by atoms with E-state index in [4.69, 9.17) is 20.1 Å². The zero-order chi connectivity index (χ0) is 10.8. The van der Waals surface area contributed by atoms with E-state index in [1.165, 1.54) is 18.2 Å². The predicted molar refractivity (Wildman–Crippen MR) is 47.6 cm³/mol. The van der Waals surface area contributed by atoms with E-state index < -0.39 is 12.4 Å². The lowest BCUT2D eigenvalue weighted by atomic mass is 10.2. The number of azide groups is 1. The van der Waals surface area contributed by atoms with Crippen LogP contribution in [0.1, 0.15) is 10.4 Å². The molecule has 1 aromatic rings. The molecule has 0 fully saturated rings. The number of aromatic carboxylic acids is 1. The highest BCUT2D eigenvalue weighted by atomic mass is 16.7. The Morgan fingerprint density at radius 2 is 2.20 bits per heavy atom. The summed E-state index contributed by atoms with van der Waals surface area (Å²) >= 11 is 0. The highest BCUT2D eigenvalue weighted by Gasteiger charge is 2.23. The summed E-state index contributed by atoms with van der Waals surface area (Å²) < 4.78 is 10.1. The van der Waals surface area contributed by atoms with Crippen molar-refractivity contribution in [2.45, 2.75) is 6.41 Å². The van der Waals surface area contributed by atoms with Gasteiger partial charge >= 0.3 is 12.4 Å². The molecule has 0 saturated heterocycles. The van der Waals surface area contributed by atoms with Crippen molar-refractivity contribution in [3.63, 3.8) is 0 Å². The SMILES string of the molecule is [N-]=[N+]=NC1Oc2ccc(C(=O)O)cc2O1. The maximum Gasteiger partial charge on any atom is 0.335 e. The molecule has 0 radical (unpaired) electrons. The molecule has 1 aliphatic rings. The normalized spacial score (nSPS) is 16.9. The van der Waals surface area contributed by atoms with Crippen LogP contribution >= 0.6 is 0 Å². The molecule has 1 atom stereocenters. The van der Waals surface area contributed by atoms with Crippen molar-refractivity contribution >= 4 is 5.97 Å². The third-order valence-electron chi connectivity index (χ3n) is 1.79. The summed E-state index contributed by atoms with van der Waals surface area (Å²) in [5.41, 5.74) is 8.24. The third-order valence-corrected chi connectivity index (χ3v) is 1.79. The van der Waals surface area contributed by atoms with E-state index in [1.807, 2.05) is 0 Å². The Hall–Kier alpha value is -2.40. The molecule has 0 spiro atoms. The molecule has 0 amide bonds. The number of fused-ring (bicyclic) bond motifs is 1. The number of nitrogens with zero attached hydrogens (tertiary/aromatic N) is 3. The first-order valence-corrected chi connectivity index (χ1v) is 3.95. The van der Waals surface area contributed by atoms with Crippen LogP contribution in [0.2, 0.25) is 0 Å². The van der Waals surface area contributed by atoms with Crippen molar-refractivity contribution in [1.82, 2.24) is 0 Å². The summed E-state index contributed by atoms with van der Waals surface area (Å²) in [6, 6.07) is 4.14. The van der Waals surface area contributed by atoms with Crippen molar-refractivity contribution in [2.24, 2.45) is 5.11 Å². The fourth-order valence-electron chi connectivity index (χ4n) is 1.16. The van der Waals surface area contributed by atoms with Crippen LogP contribution in [0, 0.1) is 0 Å². The molecule has 7 heteroatoms. The number of benzene rings is 1. The maximum atomic E-state index is 10.6. The highest BCUT2D eigenvalue weighted by molar-refractivity contribution is 5.88. The monoisotopic (exact) mass is 207 g/mol. The summed E-state index contributed by atoms with van der Waals surface area (Å²) in [6.45, 7) is 0. The van der Waals surface area contributed by atoms with E-state index in [9.17, 15) is 4.79 Å². The van der Waals surface area contributed by atoms with Crippen LogP contribution < -0.4 is 9.47 Å². The topological polar surface area (TPSA) is 105 Å². The maximum absolute atomic E-state index is 10.6. The molecule has 1 aliphatic heterocycles. The van der Waals surface area contributed by atoms with Crippen molar-refractivity contribution in [2.75, 3.05) is 0 Å². The number of ether oxygens (including phenoxy) is 2. The molecular weight excluding hydrogens is 202 g/mol. The lowest BCUT2D eigenvalue weighted by Crippen LogP contribution is -2.12. The molecule has 1 aromatic carbocycles. The first-order chi connectivity index (χ1) is 7.20. The van der Waals surface area contributed by atoms with Gasteiger partial charge in [0.05, 0.1) is 5.56 Å². The van der Waals surface area contributed by atoms with Gasteiger partial charge in [-0.15, -0.1) is 0 Å². The summed E-state index contributed by atoms with van der Waals surface area (Å²) in [7, 11) is 0. The van der Waals surface area contributed by atoms with Crippen LogP contribution in [-0.2, 0) is 0 Å².